The Bertz CT molecular complexity index is 1130. The number of anilines is 3. The lowest BCUT2D eigenvalue weighted by Crippen LogP contribution is -2.26. The van der Waals surface area contributed by atoms with Crippen LogP contribution < -0.4 is 15.5 Å². The maximum atomic E-state index is 13.5. The second kappa shape index (κ2) is 7.95. The van der Waals surface area contributed by atoms with E-state index in [1.165, 1.54) is 5.56 Å². The summed E-state index contributed by atoms with van der Waals surface area (Å²) in [5, 5.41) is 7.26. The fourth-order valence-corrected chi connectivity index (χ4v) is 4.67. The van der Waals surface area contributed by atoms with Crippen LogP contribution in [0.15, 0.2) is 90.1 Å². The van der Waals surface area contributed by atoms with Gasteiger partial charge in [0.25, 0.3) is 0 Å². The highest BCUT2D eigenvalue weighted by molar-refractivity contribution is 6.01. The van der Waals surface area contributed by atoms with E-state index in [0.717, 1.165) is 40.3 Å². The van der Waals surface area contributed by atoms with Crippen molar-refractivity contribution in [1.29, 1.82) is 0 Å². The van der Waals surface area contributed by atoms with Crippen LogP contribution in [0.3, 0.4) is 0 Å². The molecule has 5 rings (SSSR count). The molecule has 0 aromatic heterocycles. The van der Waals surface area contributed by atoms with Crippen LogP contribution >= 0.6 is 0 Å². The molecule has 1 heterocycles. The van der Waals surface area contributed by atoms with Gasteiger partial charge in [0.05, 0.1) is 17.4 Å². The van der Waals surface area contributed by atoms with Crippen molar-refractivity contribution in [2.75, 3.05) is 29.6 Å². The number of rotatable bonds is 3. The van der Waals surface area contributed by atoms with Gasteiger partial charge < -0.3 is 15.5 Å². The van der Waals surface area contributed by atoms with Gasteiger partial charge in [-0.3, -0.25) is 4.79 Å². The second-order valence-electron chi connectivity index (χ2n) is 8.57. The Morgan fingerprint density at radius 3 is 2.16 bits per heavy atom. The molecule has 0 saturated heterocycles. The van der Waals surface area contributed by atoms with E-state index in [1.807, 2.05) is 32.3 Å². The Morgan fingerprint density at radius 2 is 1.45 bits per heavy atom. The quantitative estimate of drug-likeness (QED) is 0.580. The average molecular weight is 410 g/mol. The summed E-state index contributed by atoms with van der Waals surface area (Å²) in [4.78, 5) is 15.6. The first-order valence-corrected chi connectivity index (χ1v) is 10.8. The zero-order valence-electron chi connectivity index (χ0n) is 17.9. The number of para-hydroxylation sites is 2. The van der Waals surface area contributed by atoms with Crippen LogP contribution in [0, 0.1) is 0 Å². The maximum Gasteiger partial charge on any atom is 0.163 e. The molecule has 0 amide bonds. The molecule has 2 atom stereocenters. The maximum absolute atomic E-state index is 13.5. The van der Waals surface area contributed by atoms with Gasteiger partial charge in [0.1, 0.15) is 0 Å². The third kappa shape index (κ3) is 3.70. The van der Waals surface area contributed by atoms with Crippen LogP contribution in [0.25, 0.3) is 0 Å². The molecule has 1 aliphatic carbocycles. The minimum atomic E-state index is -0.174. The van der Waals surface area contributed by atoms with E-state index in [9.17, 15) is 4.79 Å². The number of fused-ring (bicyclic) bond motifs is 1. The number of nitrogens with one attached hydrogen (secondary N) is 2. The normalized spacial score (nSPS) is 20.1. The summed E-state index contributed by atoms with van der Waals surface area (Å²) >= 11 is 0. The van der Waals surface area contributed by atoms with Gasteiger partial charge in [0.2, 0.25) is 0 Å². The number of carbonyl (C=O) groups excluding carboxylic acids is 1. The van der Waals surface area contributed by atoms with Crippen molar-refractivity contribution in [2.24, 2.45) is 0 Å². The molecule has 0 fully saturated rings. The molecule has 2 aliphatic rings. The summed E-state index contributed by atoms with van der Waals surface area (Å²) in [6, 6.07) is 26.9. The number of benzene rings is 3. The lowest BCUT2D eigenvalue weighted by Gasteiger charge is -2.30. The fraction of sp³-hybridized carbons (Fsp3) is 0.222. The molecule has 0 unspecified atom stereocenters. The van der Waals surface area contributed by atoms with Crippen LogP contribution in [0.1, 0.15) is 35.9 Å². The SMILES string of the molecule is CN(C)c1ccc([C@H]2Nc3ccccc3NC3=C2C(=O)C[C@@H](c2ccccc2)C3)cc1. The van der Waals surface area contributed by atoms with E-state index < -0.39 is 0 Å². The number of Topliss-reactive ketones (excluding diaryl/α,β-unsaturated/α-hetero) is 1. The molecule has 4 nitrogen and oxygen atoms in total. The van der Waals surface area contributed by atoms with E-state index in [4.69, 9.17) is 0 Å². The third-order valence-corrected chi connectivity index (χ3v) is 6.32. The molecule has 31 heavy (non-hydrogen) atoms. The average Bonchev–Trinajstić information content (AvgIpc) is 2.96. The smallest absolute Gasteiger partial charge is 0.163 e. The summed E-state index contributed by atoms with van der Waals surface area (Å²) in [5.74, 6) is 0.409. The zero-order chi connectivity index (χ0) is 21.4. The van der Waals surface area contributed by atoms with Crippen molar-refractivity contribution in [3.63, 3.8) is 0 Å². The first-order valence-electron chi connectivity index (χ1n) is 10.8. The Balaban J connectivity index is 1.59. The summed E-state index contributed by atoms with van der Waals surface area (Å²) < 4.78 is 0. The molecular weight excluding hydrogens is 382 g/mol. The molecule has 1 aliphatic heterocycles. The molecule has 0 spiro atoms. The molecule has 0 saturated carbocycles. The molecular formula is C27H27N3O. The molecule has 2 N–H and O–H groups in total. The minimum absolute atomic E-state index is 0.174. The Labute approximate surface area is 183 Å². The van der Waals surface area contributed by atoms with Crippen molar-refractivity contribution < 1.29 is 4.79 Å². The van der Waals surface area contributed by atoms with Crippen molar-refractivity contribution in [3.8, 4) is 0 Å². The molecule has 0 radical (unpaired) electrons. The van der Waals surface area contributed by atoms with Gasteiger partial charge >= 0.3 is 0 Å². The van der Waals surface area contributed by atoms with E-state index in [1.54, 1.807) is 0 Å². The Morgan fingerprint density at radius 1 is 0.774 bits per heavy atom. The fourth-order valence-electron chi connectivity index (χ4n) is 4.67. The summed E-state index contributed by atoms with van der Waals surface area (Å²) in [5.41, 5.74) is 7.39. The van der Waals surface area contributed by atoms with Crippen molar-refractivity contribution in [2.45, 2.75) is 24.8 Å². The number of carbonyl (C=O) groups is 1. The topological polar surface area (TPSA) is 44.4 Å². The van der Waals surface area contributed by atoms with Gasteiger partial charge in [-0.15, -0.1) is 0 Å². The number of hydrogen-bond acceptors (Lipinski definition) is 4. The largest absolute Gasteiger partial charge is 0.378 e. The highest BCUT2D eigenvalue weighted by Crippen LogP contribution is 2.44. The number of ketones is 1. The molecule has 3 aromatic rings. The predicted octanol–water partition coefficient (Wildman–Crippen LogP) is 5.73. The van der Waals surface area contributed by atoms with E-state index in [-0.39, 0.29) is 17.7 Å². The molecule has 0 bridgehead atoms. The monoisotopic (exact) mass is 409 g/mol. The highest BCUT2D eigenvalue weighted by atomic mass is 16.1. The first kappa shape index (κ1) is 19.4. The van der Waals surface area contributed by atoms with Gasteiger partial charge in [0.15, 0.2) is 5.78 Å². The first-order chi connectivity index (χ1) is 15.1. The second-order valence-corrected chi connectivity index (χ2v) is 8.57. The van der Waals surface area contributed by atoms with E-state index in [0.29, 0.717) is 6.42 Å². The van der Waals surface area contributed by atoms with E-state index in [2.05, 4.69) is 76.2 Å². The third-order valence-electron chi connectivity index (χ3n) is 6.32. The Kier molecular flexibility index (Phi) is 4.99. The predicted molar refractivity (Wildman–Crippen MR) is 128 cm³/mol. The van der Waals surface area contributed by atoms with Gasteiger partial charge in [-0.05, 0) is 47.7 Å². The lowest BCUT2D eigenvalue weighted by atomic mass is 9.78. The molecule has 4 heteroatoms. The van der Waals surface area contributed by atoms with E-state index >= 15 is 0 Å². The molecule has 156 valence electrons. The van der Waals surface area contributed by atoms with Crippen LogP contribution in [-0.2, 0) is 4.79 Å². The van der Waals surface area contributed by atoms with Crippen molar-refractivity contribution in [1.82, 2.24) is 0 Å². The van der Waals surface area contributed by atoms with Gasteiger partial charge in [-0.1, -0.05) is 54.6 Å². The minimum Gasteiger partial charge on any atom is -0.378 e. The van der Waals surface area contributed by atoms with Crippen LogP contribution in [0.2, 0.25) is 0 Å². The molecule has 3 aromatic carbocycles. The number of hydrogen-bond donors (Lipinski definition) is 2. The number of allylic oxidation sites excluding steroid dienone is 1. The van der Waals surface area contributed by atoms with Gasteiger partial charge in [-0.2, -0.15) is 0 Å². The zero-order valence-corrected chi connectivity index (χ0v) is 17.9. The summed E-state index contributed by atoms with van der Waals surface area (Å²) in [6.07, 6.45) is 1.36. The van der Waals surface area contributed by atoms with Crippen LogP contribution in [0.5, 0.6) is 0 Å². The Hall–Kier alpha value is -3.53. The van der Waals surface area contributed by atoms with Crippen molar-refractivity contribution in [3.05, 3.63) is 101 Å². The van der Waals surface area contributed by atoms with Crippen LogP contribution in [-0.4, -0.2) is 19.9 Å². The van der Waals surface area contributed by atoms with Gasteiger partial charge in [-0.25, -0.2) is 0 Å². The van der Waals surface area contributed by atoms with Crippen LogP contribution in [0.4, 0.5) is 17.1 Å². The lowest BCUT2D eigenvalue weighted by molar-refractivity contribution is -0.116. The standard InChI is InChI=1S/C27H27N3O/c1-30(2)21-14-12-19(13-15-21)27-26-24(28-22-10-6-7-11-23(22)29-27)16-20(17-25(26)31)18-8-4-3-5-9-18/h3-15,20,27-29H,16-17H2,1-2H3/t20-,27+/m0/s1. The summed E-state index contributed by atoms with van der Waals surface area (Å²) in [7, 11) is 4.07. The van der Waals surface area contributed by atoms with Crippen molar-refractivity contribution >= 4 is 22.8 Å². The summed E-state index contributed by atoms with van der Waals surface area (Å²) in [6.45, 7) is 0. The number of nitrogens with zero attached hydrogens (tertiary/aromatic N) is 1. The van der Waals surface area contributed by atoms with Gasteiger partial charge in [0, 0.05) is 37.5 Å². The highest BCUT2D eigenvalue weighted by Gasteiger charge is 2.35.